The van der Waals surface area contributed by atoms with Crippen LogP contribution in [0.25, 0.3) is 0 Å². The van der Waals surface area contributed by atoms with Crippen molar-refractivity contribution in [2.24, 2.45) is 5.92 Å². The molecule has 0 aromatic carbocycles. The van der Waals surface area contributed by atoms with Gasteiger partial charge in [-0.15, -0.1) is 0 Å². The predicted molar refractivity (Wildman–Crippen MR) is 72.7 cm³/mol. The minimum atomic E-state index is -1.02. The van der Waals surface area contributed by atoms with E-state index in [0.29, 0.717) is 4.73 Å². The fraction of sp³-hybridized carbons (Fsp3) is 0.429. The molecule has 0 fully saturated rings. The van der Waals surface area contributed by atoms with E-state index in [2.05, 4.69) is 5.32 Å². The lowest BCUT2D eigenvalue weighted by atomic mass is 9.90. The predicted octanol–water partition coefficient (Wildman–Crippen LogP) is 0.531. The normalized spacial score (nSPS) is 13.1. The van der Waals surface area contributed by atoms with Gasteiger partial charge in [-0.1, -0.05) is 13.8 Å². The van der Waals surface area contributed by atoms with Gasteiger partial charge in [0.15, 0.2) is 19.0 Å². The highest BCUT2D eigenvalue weighted by Crippen LogP contribution is 2.14. The molecule has 112 valence electrons. The Morgan fingerprint density at radius 2 is 2.05 bits per heavy atom. The van der Waals surface area contributed by atoms with Gasteiger partial charge in [-0.25, -0.2) is 4.79 Å². The molecule has 1 amide bonds. The van der Waals surface area contributed by atoms with Gasteiger partial charge >= 0.3 is 5.97 Å². The molecule has 1 N–H and O–H groups in total. The zero-order valence-electron chi connectivity index (χ0n) is 12.1. The van der Waals surface area contributed by atoms with E-state index < -0.39 is 24.0 Å². The number of nitrogens with one attached hydrogen (secondary N) is 1. The average Bonchev–Trinajstić information content (AvgIpc) is 2.45. The number of amides is 1. The molecule has 0 saturated heterocycles. The minimum absolute atomic E-state index is 0.0937. The first kappa shape index (κ1) is 16.4. The molecule has 0 aliphatic carbocycles. The van der Waals surface area contributed by atoms with Crippen molar-refractivity contribution in [1.29, 1.82) is 5.26 Å². The molecule has 7 heteroatoms. The summed E-state index contributed by atoms with van der Waals surface area (Å²) in [4.78, 5) is 23.4. The standard InChI is InChI=1S/C14H17N3O4/c1-10(2)14(3,9-15)16-12(18)8-21-13(19)11-4-6-17(20)7-5-11/h4-7,10H,8H2,1-3H3,(H,16,18)/t14-/m1/s1. The molecule has 1 aromatic heterocycles. The van der Waals surface area contributed by atoms with E-state index in [9.17, 15) is 14.8 Å². The van der Waals surface area contributed by atoms with Crippen LogP contribution in [0, 0.1) is 22.5 Å². The highest BCUT2D eigenvalue weighted by atomic mass is 16.5. The van der Waals surface area contributed by atoms with Gasteiger partial charge in [0.1, 0.15) is 5.54 Å². The van der Waals surface area contributed by atoms with Crippen LogP contribution in [0.1, 0.15) is 31.1 Å². The van der Waals surface area contributed by atoms with Gasteiger partial charge in [0.2, 0.25) is 0 Å². The van der Waals surface area contributed by atoms with E-state index in [1.165, 1.54) is 12.1 Å². The van der Waals surface area contributed by atoms with Crippen LogP contribution in [-0.2, 0) is 9.53 Å². The molecule has 21 heavy (non-hydrogen) atoms. The minimum Gasteiger partial charge on any atom is -0.619 e. The first-order valence-corrected chi connectivity index (χ1v) is 6.36. The summed E-state index contributed by atoms with van der Waals surface area (Å²) in [6.07, 6.45) is 2.31. The Balaban J connectivity index is 2.55. The van der Waals surface area contributed by atoms with Crippen LogP contribution >= 0.6 is 0 Å². The van der Waals surface area contributed by atoms with Gasteiger partial charge in [-0.2, -0.15) is 9.99 Å². The third-order valence-corrected chi connectivity index (χ3v) is 3.16. The summed E-state index contributed by atoms with van der Waals surface area (Å²) in [5.41, 5.74) is -0.855. The molecule has 0 aliphatic rings. The SMILES string of the molecule is CC(C)[C@@](C)(C#N)NC(=O)COC(=O)c1cc[n+]([O-])cc1. The van der Waals surface area contributed by atoms with Crippen LogP contribution in [0.3, 0.4) is 0 Å². The summed E-state index contributed by atoms with van der Waals surface area (Å²) < 4.78 is 5.36. The average molecular weight is 291 g/mol. The van der Waals surface area contributed by atoms with Crippen LogP contribution < -0.4 is 10.0 Å². The monoisotopic (exact) mass is 291 g/mol. The smallest absolute Gasteiger partial charge is 0.339 e. The van der Waals surface area contributed by atoms with Crippen molar-refractivity contribution in [2.45, 2.75) is 26.3 Å². The van der Waals surface area contributed by atoms with Crippen molar-refractivity contribution in [2.75, 3.05) is 6.61 Å². The number of hydrogen-bond donors (Lipinski definition) is 1. The number of esters is 1. The van der Waals surface area contributed by atoms with Crippen LogP contribution in [0.2, 0.25) is 0 Å². The van der Waals surface area contributed by atoms with E-state index in [1.54, 1.807) is 20.8 Å². The Labute approximate surface area is 122 Å². The molecule has 1 aromatic rings. The number of hydrogen-bond acceptors (Lipinski definition) is 5. The Morgan fingerprint density at radius 1 is 1.48 bits per heavy atom. The molecule has 0 bridgehead atoms. The fourth-order valence-corrected chi connectivity index (χ4v) is 1.39. The van der Waals surface area contributed by atoms with Crippen LogP contribution in [0.4, 0.5) is 0 Å². The Morgan fingerprint density at radius 3 is 2.52 bits per heavy atom. The largest absolute Gasteiger partial charge is 0.619 e. The van der Waals surface area contributed by atoms with Crippen molar-refractivity contribution < 1.29 is 19.1 Å². The van der Waals surface area contributed by atoms with Crippen molar-refractivity contribution >= 4 is 11.9 Å². The van der Waals surface area contributed by atoms with E-state index >= 15 is 0 Å². The number of ether oxygens (including phenoxy) is 1. The number of carbonyl (C=O) groups excluding carboxylic acids is 2. The summed E-state index contributed by atoms with van der Waals surface area (Å²) in [5, 5.41) is 22.4. The van der Waals surface area contributed by atoms with E-state index in [0.717, 1.165) is 12.4 Å². The van der Waals surface area contributed by atoms with Crippen molar-refractivity contribution in [3.63, 3.8) is 0 Å². The summed E-state index contributed by atoms with van der Waals surface area (Å²) >= 11 is 0. The maximum atomic E-state index is 11.7. The Hall–Kier alpha value is -2.62. The summed E-state index contributed by atoms with van der Waals surface area (Å²) in [6, 6.07) is 4.61. The lowest BCUT2D eigenvalue weighted by molar-refractivity contribution is -0.605. The zero-order chi connectivity index (χ0) is 16.0. The van der Waals surface area contributed by atoms with Crippen molar-refractivity contribution in [1.82, 2.24) is 5.32 Å². The summed E-state index contributed by atoms with van der Waals surface area (Å²) in [7, 11) is 0. The van der Waals surface area contributed by atoms with Gasteiger partial charge in [-0.3, -0.25) is 4.79 Å². The highest BCUT2D eigenvalue weighted by Gasteiger charge is 2.30. The van der Waals surface area contributed by atoms with Gasteiger partial charge < -0.3 is 15.3 Å². The third kappa shape index (κ3) is 4.45. The molecule has 0 aliphatic heterocycles. The number of carbonyl (C=O) groups is 2. The Kier molecular flexibility index (Phi) is 5.24. The van der Waals surface area contributed by atoms with Crippen LogP contribution in [0.5, 0.6) is 0 Å². The number of pyridine rings is 1. The summed E-state index contributed by atoms with van der Waals surface area (Å²) in [5.74, 6) is -1.37. The lowest BCUT2D eigenvalue weighted by Crippen LogP contribution is -2.50. The molecular formula is C14H17N3O4. The number of rotatable bonds is 5. The molecule has 1 heterocycles. The summed E-state index contributed by atoms with van der Waals surface area (Å²) in [6.45, 7) is 4.71. The number of nitriles is 1. The van der Waals surface area contributed by atoms with Gasteiger partial charge in [0, 0.05) is 12.1 Å². The first-order valence-electron chi connectivity index (χ1n) is 6.36. The quantitative estimate of drug-likeness (QED) is 0.484. The van der Waals surface area contributed by atoms with E-state index in [4.69, 9.17) is 10.00 Å². The van der Waals surface area contributed by atoms with Gasteiger partial charge in [-0.05, 0) is 12.8 Å². The van der Waals surface area contributed by atoms with Gasteiger partial charge in [0.25, 0.3) is 5.91 Å². The molecule has 1 atom stereocenters. The second-order valence-corrected chi connectivity index (χ2v) is 5.04. The highest BCUT2D eigenvalue weighted by molar-refractivity contribution is 5.91. The lowest BCUT2D eigenvalue weighted by Gasteiger charge is -2.27. The van der Waals surface area contributed by atoms with Crippen LogP contribution in [-0.4, -0.2) is 24.0 Å². The second kappa shape index (κ2) is 6.70. The molecule has 0 spiro atoms. The maximum Gasteiger partial charge on any atom is 0.339 e. The Bertz CT molecular complexity index is 563. The fourth-order valence-electron chi connectivity index (χ4n) is 1.39. The first-order chi connectivity index (χ1) is 9.78. The van der Waals surface area contributed by atoms with E-state index in [-0.39, 0.29) is 11.5 Å². The maximum absolute atomic E-state index is 11.7. The van der Waals surface area contributed by atoms with E-state index in [1.807, 2.05) is 6.07 Å². The topological polar surface area (TPSA) is 106 Å². The van der Waals surface area contributed by atoms with Gasteiger partial charge in [0.05, 0.1) is 11.6 Å². The van der Waals surface area contributed by atoms with Crippen LogP contribution in [0.15, 0.2) is 24.5 Å². The number of nitrogens with zero attached hydrogens (tertiary/aromatic N) is 2. The number of aromatic nitrogens is 1. The molecule has 7 nitrogen and oxygen atoms in total. The molecule has 0 radical (unpaired) electrons. The third-order valence-electron chi connectivity index (χ3n) is 3.16. The van der Waals surface area contributed by atoms with Crippen molar-refractivity contribution in [3.8, 4) is 6.07 Å². The van der Waals surface area contributed by atoms with Crippen molar-refractivity contribution in [3.05, 3.63) is 35.3 Å². The second-order valence-electron chi connectivity index (χ2n) is 5.04. The molecule has 1 rings (SSSR count). The zero-order valence-corrected chi connectivity index (χ0v) is 12.1. The molecule has 0 unspecified atom stereocenters. The molecule has 0 saturated carbocycles. The molecular weight excluding hydrogens is 274 g/mol.